The lowest BCUT2D eigenvalue weighted by atomic mass is 10.0. The molecule has 0 radical (unpaired) electrons. The van der Waals surface area contributed by atoms with Crippen molar-refractivity contribution in [1.29, 1.82) is 0 Å². The fraction of sp³-hybridized carbons (Fsp3) is 0.429. The maximum atomic E-state index is 11.7. The molecule has 5 nitrogen and oxygen atoms in total. The summed E-state index contributed by atoms with van der Waals surface area (Å²) in [5.74, 6) is -2.03. The highest BCUT2D eigenvalue weighted by molar-refractivity contribution is 5.86. The molecule has 3 N–H and O–H groups in total. The molecule has 0 saturated carbocycles. The second-order valence-corrected chi connectivity index (χ2v) is 4.78. The third kappa shape index (κ3) is 4.71. The monoisotopic (exact) mass is 265 g/mol. The van der Waals surface area contributed by atoms with Gasteiger partial charge in [0.1, 0.15) is 12.1 Å². The van der Waals surface area contributed by atoms with Gasteiger partial charge < -0.3 is 15.5 Å². The van der Waals surface area contributed by atoms with Crippen molar-refractivity contribution in [1.82, 2.24) is 5.32 Å². The van der Waals surface area contributed by atoms with E-state index in [1.165, 1.54) is 0 Å². The molecule has 104 valence electrons. The number of amides is 1. The molecule has 0 unspecified atom stereocenters. The molecule has 0 aliphatic heterocycles. The van der Waals surface area contributed by atoms with Crippen LogP contribution in [0.5, 0.6) is 0 Å². The summed E-state index contributed by atoms with van der Waals surface area (Å²) >= 11 is 0. The van der Waals surface area contributed by atoms with Crippen LogP contribution in [0.1, 0.15) is 19.4 Å². The van der Waals surface area contributed by atoms with Crippen LogP contribution in [0.4, 0.5) is 0 Å². The number of rotatable bonds is 6. The van der Waals surface area contributed by atoms with Crippen LogP contribution >= 0.6 is 0 Å². The maximum Gasteiger partial charge on any atom is 0.326 e. The number of hydrogen-bond donors (Lipinski definition) is 3. The van der Waals surface area contributed by atoms with Crippen LogP contribution in [-0.2, 0) is 16.0 Å². The average molecular weight is 265 g/mol. The normalized spacial score (nSPS) is 13.9. The number of nitrogens with one attached hydrogen (secondary N) is 1. The van der Waals surface area contributed by atoms with Gasteiger partial charge in [-0.25, -0.2) is 4.79 Å². The lowest BCUT2D eigenvalue weighted by Crippen LogP contribution is -2.47. The highest BCUT2D eigenvalue weighted by Crippen LogP contribution is 2.06. The summed E-state index contributed by atoms with van der Waals surface area (Å²) in [5, 5.41) is 21.1. The minimum Gasteiger partial charge on any atom is -0.480 e. The Morgan fingerprint density at radius 1 is 1.21 bits per heavy atom. The van der Waals surface area contributed by atoms with Gasteiger partial charge in [0.25, 0.3) is 0 Å². The van der Waals surface area contributed by atoms with E-state index in [1.807, 2.05) is 6.07 Å². The Hall–Kier alpha value is -1.88. The van der Waals surface area contributed by atoms with Crippen LogP contribution < -0.4 is 5.32 Å². The summed E-state index contributed by atoms with van der Waals surface area (Å²) in [6.07, 6.45) is -1.01. The molecule has 0 heterocycles. The van der Waals surface area contributed by atoms with Crippen LogP contribution in [0.3, 0.4) is 0 Å². The third-order valence-corrected chi connectivity index (χ3v) is 2.80. The maximum absolute atomic E-state index is 11.7. The van der Waals surface area contributed by atoms with E-state index in [0.29, 0.717) is 0 Å². The van der Waals surface area contributed by atoms with Crippen molar-refractivity contribution in [2.45, 2.75) is 32.4 Å². The number of benzene rings is 1. The van der Waals surface area contributed by atoms with Crippen LogP contribution in [0.25, 0.3) is 0 Å². The van der Waals surface area contributed by atoms with Gasteiger partial charge in [0.2, 0.25) is 5.91 Å². The van der Waals surface area contributed by atoms with E-state index >= 15 is 0 Å². The topological polar surface area (TPSA) is 86.6 Å². The molecule has 1 amide bonds. The highest BCUT2D eigenvalue weighted by atomic mass is 16.4. The smallest absolute Gasteiger partial charge is 0.326 e. The first kappa shape index (κ1) is 15.2. The van der Waals surface area contributed by atoms with Gasteiger partial charge in [-0.2, -0.15) is 0 Å². The van der Waals surface area contributed by atoms with Crippen molar-refractivity contribution < 1.29 is 19.8 Å². The minimum atomic E-state index is -1.20. The Bertz CT molecular complexity index is 430. The van der Waals surface area contributed by atoms with Crippen molar-refractivity contribution in [2.24, 2.45) is 5.92 Å². The molecule has 0 spiro atoms. The Morgan fingerprint density at radius 3 is 2.26 bits per heavy atom. The van der Waals surface area contributed by atoms with Crippen LogP contribution in [0.15, 0.2) is 30.3 Å². The van der Waals surface area contributed by atoms with Gasteiger partial charge in [-0.3, -0.25) is 4.79 Å². The lowest BCUT2D eigenvalue weighted by molar-refractivity contribution is -0.144. The van der Waals surface area contributed by atoms with Crippen molar-refractivity contribution in [3.05, 3.63) is 35.9 Å². The van der Waals surface area contributed by atoms with Crippen molar-refractivity contribution >= 4 is 11.9 Å². The molecule has 0 aliphatic rings. The summed E-state index contributed by atoms with van der Waals surface area (Å²) in [6, 6.07) is 7.99. The van der Waals surface area contributed by atoms with Crippen molar-refractivity contribution in [3.8, 4) is 0 Å². The Balaban J connectivity index is 2.69. The van der Waals surface area contributed by atoms with Crippen LogP contribution in [0, 0.1) is 5.92 Å². The lowest BCUT2D eigenvalue weighted by Gasteiger charge is -2.19. The molecule has 0 bridgehead atoms. The number of carboxylic acids is 1. The zero-order valence-corrected chi connectivity index (χ0v) is 11.0. The second-order valence-electron chi connectivity index (χ2n) is 4.78. The molecule has 0 saturated heterocycles. The molecule has 0 aliphatic carbocycles. The van der Waals surface area contributed by atoms with Gasteiger partial charge in [-0.1, -0.05) is 44.2 Å². The Labute approximate surface area is 112 Å². The predicted molar refractivity (Wildman–Crippen MR) is 70.6 cm³/mol. The number of carbonyl (C=O) groups excluding carboxylic acids is 1. The van der Waals surface area contributed by atoms with E-state index < -0.39 is 24.0 Å². The summed E-state index contributed by atoms with van der Waals surface area (Å²) in [7, 11) is 0. The van der Waals surface area contributed by atoms with Gasteiger partial charge in [0, 0.05) is 6.42 Å². The molecule has 0 aromatic heterocycles. The van der Waals surface area contributed by atoms with Gasteiger partial charge in [-0.15, -0.1) is 0 Å². The fourth-order valence-electron chi connectivity index (χ4n) is 1.61. The zero-order chi connectivity index (χ0) is 14.4. The number of aliphatic hydroxyl groups is 1. The number of carbonyl (C=O) groups is 2. The predicted octanol–water partition coefficient (Wildman–Crippen LogP) is 0.815. The third-order valence-electron chi connectivity index (χ3n) is 2.80. The Morgan fingerprint density at radius 2 is 1.79 bits per heavy atom. The molecule has 0 fully saturated rings. The number of aliphatic hydroxyl groups excluding tert-OH is 1. The first-order valence-corrected chi connectivity index (χ1v) is 6.17. The van der Waals surface area contributed by atoms with E-state index in [2.05, 4.69) is 5.32 Å². The zero-order valence-electron chi connectivity index (χ0n) is 11.0. The molecular weight excluding hydrogens is 246 g/mol. The molecule has 2 atom stereocenters. The fourth-order valence-corrected chi connectivity index (χ4v) is 1.61. The van der Waals surface area contributed by atoms with Crippen molar-refractivity contribution in [2.75, 3.05) is 0 Å². The molecule has 1 aromatic rings. The van der Waals surface area contributed by atoms with Crippen molar-refractivity contribution in [3.63, 3.8) is 0 Å². The van der Waals surface area contributed by atoms with Gasteiger partial charge in [0.05, 0.1) is 0 Å². The summed E-state index contributed by atoms with van der Waals surface area (Å²) in [6.45, 7) is 3.38. The van der Waals surface area contributed by atoms with E-state index in [1.54, 1.807) is 38.1 Å². The standard InChI is InChI=1S/C14H19NO4/c1-9(2)12(16)13(17)15-11(14(18)19)8-10-6-4-3-5-7-10/h3-7,9,11-12,16H,8H2,1-2H3,(H,15,17)(H,18,19)/t11-,12-/m0/s1. The minimum absolute atomic E-state index is 0.187. The number of hydrogen-bond acceptors (Lipinski definition) is 3. The SMILES string of the molecule is CC(C)[C@H](O)C(=O)N[C@@H](Cc1ccccc1)C(=O)O. The largest absolute Gasteiger partial charge is 0.480 e. The van der Waals surface area contributed by atoms with Crippen LogP contribution in [0.2, 0.25) is 0 Å². The first-order chi connectivity index (χ1) is 8.91. The van der Waals surface area contributed by atoms with E-state index in [9.17, 15) is 14.7 Å². The molecular formula is C14H19NO4. The van der Waals surface area contributed by atoms with Gasteiger partial charge in [0.15, 0.2) is 0 Å². The summed E-state index contributed by atoms with van der Waals surface area (Å²) in [4.78, 5) is 22.8. The highest BCUT2D eigenvalue weighted by Gasteiger charge is 2.25. The molecule has 1 rings (SSSR count). The molecule has 19 heavy (non-hydrogen) atoms. The molecule has 1 aromatic carbocycles. The average Bonchev–Trinajstić information content (AvgIpc) is 2.37. The summed E-state index contributed by atoms with van der Waals surface area (Å²) in [5.41, 5.74) is 0.814. The molecule has 5 heteroatoms. The van der Waals surface area contributed by atoms with E-state index in [0.717, 1.165) is 5.56 Å². The number of aliphatic carboxylic acids is 1. The van der Waals surface area contributed by atoms with E-state index in [-0.39, 0.29) is 12.3 Å². The van der Waals surface area contributed by atoms with Gasteiger partial charge in [-0.05, 0) is 11.5 Å². The Kier molecular flexibility index (Phi) is 5.51. The summed E-state index contributed by atoms with van der Waals surface area (Å²) < 4.78 is 0. The second kappa shape index (κ2) is 6.89. The van der Waals surface area contributed by atoms with Crippen LogP contribution in [-0.4, -0.2) is 34.2 Å². The quantitative estimate of drug-likeness (QED) is 0.710. The van der Waals surface area contributed by atoms with E-state index in [4.69, 9.17) is 5.11 Å². The van der Waals surface area contributed by atoms with Gasteiger partial charge >= 0.3 is 5.97 Å². The number of carboxylic acid groups (broad SMARTS) is 1. The first-order valence-electron chi connectivity index (χ1n) is 6.17.